The summed E-state index contributed by atoms with van der Waals surface area (Å²) >= 11 is 0. The van der Waals surface area contributed by atoms with E-state index in [2.05, 4.69) is 15.1 Å². The third-order valence-corrected chi connectivity index (χ3v) is 6.75. The summed E-state index contributed by atoms with van der Waals surface area (Å²) < 4.78 is 44.7. The van der Waals surface area contributed by atoms with E-state index in [1.807, 2.05) is 26.0 Å². The largest absolute Gasteiger partial charge is 0.494 e. The van der Waals surface area contributed by atoms with Crippen molar-refractivity contribution in [3.05, 3.63) is 118 Å². The van der Waals surface area contributed by atoms with Crippen molar-refractivity contribution in [3.8, 4) is 28.5 Å². The summed E-state index contributed by atoms with van der Waals surface area (Å²) in [5.41, 5.74) is 2.26. The van der Waals surface area contributed by atoms with Crippen molar-refractivity contribution < 1.29 is 18.3 Å². The fraction of sp³-hybridized carbons (Fsp3) is 0.200. The highest BCUT2D eigenvalue weighted by Crippen LogP contribution is 2.34. The predicted molar refractivity (Wildman–Crippen MR) is 144 cm³/mol. The smallest absolute Gasteiger partial charge is 0.280 e. The molecule has 5 rings (SSSR count). The summed E-state index contributed by atoms with van der Waals surface area (Å²) in [6.07, 6.45) is 3.54. The van der Waals surface area contributed by atoms with Gasteiger partial charge in [-0.15, -0.1) is 0 Å². The lowest BCUT2D eigenvalue weighted by atomic mass is 10.0. The van der Waals surface area contributed by atoms with E-state index in [1.54, 1.807) is 35.1 Å². The lowest BCUT2D eigenvalue weighted by Crippen LogP contribution is -2.24. The maximum Gasteiger partial charge on any atom is 0.280 e. The van der Waals surface area contributed by atoms with Crippen LogP contribution in [0.3, 0.4) is 0 Å². The second-order valence-electron chi connectivity index (χ2n) is 9.34. The minimum absolute atomic E-state index is 0.0326. The Morgan fingerprint density at radius 1 is 0.925 bits per heavy atom. The number of aromatic nitrogens is 5. The third kappa shape index (κ3) is 5.38. The molecule has 0 radical (unpaired) electrons. The second kappa shape index (κ2) is 11.2. The molecule has 40 heavy (non-hydrogen) atoms. The summed E-state index contributed by atoms with van der Waals surface area (Å²) in [6, 6.07) is 14.2. The number of hydrogen-bond acceptors (Lipinski definition) is 5. The molecule has 3 aromatic heterocycles. The molecule has 0 fully saturated rings. The zero-order valence-corrected chi connectivity index (χ0v) is 21.9. The zero-order chi connectivity index (χ0) is 28.4. The summed E-state index contributed by atoms with van der Waals surface area (Å²) in [6.45, 7) is 4.28. The average Bonchev–Trinajstić information content (AvgIpc) is 3.42. The number of hydrogen-bond donors (Lipinski definition) is 1. The zero-order valence-electron chi connectivity index (χ0n) is 21.9. The normalized spacial score (nSPS) is 12.0. The lowest BCUT2D eigenvalue weighted by Gasteiger charge is -2.25. The van der Waals surface area contributed by atoms with Gasteiger partial charge in [-0.25, -0.2) is 13.8 Å². The predicted octanol–water partition coefficient (Wildman–Crippen LogP) is 5.90. The van der Waals surface area contributed by atoms with Crippen LogP contribution < -0.4 is 5.56 Å². The summed E-state index contributed by atoms with van der Waals surface area (Å²) in [5, 5.41) is 16.0. The molecule has 0 unspecified atom stereocenters. The molecular weight excluding hydrogens is 519 g/mol. The minimum atomic E-state index is -0.754. The molecule has 7 nitrogen and oxygen atoms in total. The Morgan fingerprint density at radius 3 is 2.23 bits per heavy atom. The standard InChI is InChI=1S/C30H26F3N5O2/c1-3-26(21-14-22(31)16-23(32)15-21)38-28(25-11-12-37(4-2)36-25)35-29(39)24(30(38)40)13-18-5-7-19(8-6-18)20-9-10-27(33)34-17-20/h5-12,14-17,26,40H,3-4,13H2,1-2H3/t26-/m0/s1. The molecule has 0 aliphatic carbocycles. The molecule has 0 amide bonds. The maximum atomic E-state index is 14.2. The molecule has 0 aliphatic rings. The van der Waals surface area contributed by atoms with E-state index in [-0.39, 0.29) is 29.3 Å². The molecule has 0 aliphatic heterocycles. The Morgan fingerprint density at radius 2 is 1.62 bits per heavy atom. The summed E-state index contributed by atoms with van der Waals surface area (Å²) in [7, 11) is 0. The van der Waals surface area contributed by atoms with Gasteiger partial charge in [-0.05, 0) is 60.4 Å². The van der Waals surface area contributed by atoms with Crippen LogP contribution in [0.2, 0.25) is 0 Å². The van der Waals surface area contributed by atoms with Gasteiger partial charge in [0.1, 0.15) is 17.3 Å². The van der Waals surface area contributed by atoms with Crippen molar-refractivity contribution in [1.82, 2.24) is 24.3 Å². The number of aromatic hydroxyl groups is 1. The molecule has 0 saturated carbocycles. The first-order chi connectivity index (χ1) is 19.3. The van der Waals surface area contributed by atoms with E-state index in [0.717, 1.165) is 17.2 Å². The average molecular weight is 546 g/mol. The topological polar surface area (TPSA) is 85.8 Å². The van der Waals surface area contributed by atoms with Gasteiger partial charge in [0.2, 0.25) is 11.8 Å². The van der Waals surface area contributed by atoms with Gasteiger partial charge >= 0.3 is 0 Å². The summed E-state index contributed by atoms with van der Waals surface area (Å²) in [4.78, 5) is 21.2. The van der Waals surface area contributed by atoms with Gasteiger partial charge in [-0.1, -0.05) is 31.2 Å². The van der Waals surface area contributed by atoms with Crippen LogP contribution in [0.5, 0.6) is 5.88 Å². The van der Waals surface area contributed by atoms with Gasteiger partial charge in [0.15, 0.2) is 5.82 Å². The van der Waals surface area contributed by atoms with Crippen LogP contribution in [0.15, 0.2) is 77.9 Å². The fourth-order valence-electron chi connectivity index (χ4n) is 4.75. The van der Waals surface area contributed by atoms with Crippen molar-refractivity contribution in [2.45, 2.75) is 39.3 Å². The maximum absolute atomic E-state index is 14.2. The van der Waals surface area contributed by atoms with Gasteiger partial charge in [0.05, 0.1) is 11.6 Å². The molecule has 2 aromatic carbocycles. The van der Waals surface area contributed by atoms with Crippen LogP contribution in [-0.4, -0.2) is 29.4 Å². The third-order valence-electron chi connectivity index (χ3n) is 6.75. The van der Waals surface area contributed by atoms with Gasteiger partial charge in [0, 0.05) is 37.0 Å². The highest BCUT2D eigenvalue weighted by atomic mass is 19.1. The summed E-state index contributed by atoms with van der Waals surface area (Å²) in [5.74, 6) is -2.35. The van der Waals surface area contributed by atoms with Crippen molar-refractivity contribution in [2.75, 3.05) is 0 Å². The molecule has 0 saturated heterocycles. The SMILES string of the molecule is CC[C@@H](c1cc(F)cc(F)c1)n1c(-c2ccn(CC)n2)nc(=O)c(Cc2ccc(-c3ccc(F)nc3)cc2)c1O. The van der Waals surface area contributed by atoms with E-state index in [1.165, 1.54) is 29.0 Å². The van der Waals surface area contributed by atoms with Crippen molar-refractivity contribution in [3.63, 3.8) is 0 Å². The molecule has 0 spiro atoms. The molecular formula is C30H26F3N5O2. The Labute approximate surface area is 228 Å². The quantitative estimate of drug-likeness (QED) is 0.245. The number of pyridine rings is 1. The first-order valence-corrected chi connectivity index (χ1v) is 12.8. The fourth-order valence-corrected chi connectivity index (χ4v) is 4.75. The van der Waals surface area contributed by atoms with Crippen LogP contribution in [-0.2, 0) is 13.0 Å². The lowest BCUT2D eigenvalue weighted by molar-refractivity contribution is 0.381. The van der Waals surface area contributed by atoms with Crippen molar-refractivity contribution >= 4 is 0 Å². The van der Waals surface area contributed by atoms with Gasteiger partial charge in [0.25, 0.3) is 5.56 Å². The number of benzene rings is 2. The molecule has 10 heteroatoms. The van der Waals surface area contributed by atoms with Crippen LogP contribution in [0, 0.1) is 17.6 Å². The molecule has 5 aromatic rings. The van der Waals surface area contributed by atoms with Crippen LogP contribution in [0.4, 0.5) is 13.2 Å². The minimum Gasteiger partial charge on any atom is -0.494 e. The molecule has 3 heterocycles. The van der Waals surface area contributed by atoms with Crippen LogP contribution in [0.1, 0.15) is 43.0 Å². The highest BCUT2D eigenvalue weighted by molar-refractivity contribution is 5.62. The van der Waals surface area contributed by atoms with E-state index >= 15 is 0 Å². The molecule has 0 bridgehead atoms. The monoisotopic (exact) mass is 545 g/mol. The number of halogens is 3. The first-order valence-electron chi connectivity index (χ1n) is 12.8. The van der Waals surface area contributed by atoms with Gasteiger partial charge < -0.3 is 5.11 Å². The number of aryl methyl sites for hydroxylation is 1. The Hall–Kier alpha value is -4.73. The van der Waals surface area contributed by atoms with Crippen LogP contribution in [0.25, 0.3) is 22.6 Å². The van der Waals surface area contributed by atoms with Crippen molar-refractivity contribution in [2.24, 2.45) is 0 Å². The van der Waals surface area contributed by atoms with E-state index < -0.39 is 29.2 Å². The molecule has 1 atom stereocenters. The molecule has 1 N–H and O–H groups in total. The van der Waals surface area contributed by atoms with Gasteiger partial charge in [-0.2, -0.15) is 14.5 Å². The Kier molecular flexibility index (Phi) is 7.50. The Balaban J connectivity index is 1.61. The van der Waals surface area contributed by atoms with E-state index in [0.29, 0.717) is 24.2 Å². The van der Waals surface area contributed by atoms with E-state index in [4.69, 9.17) is 0 Å². The highest BCUT2D eigenvalue weighted by Gasteiger charge is 2.26. The first kappa shape index (κ1) is 26.9. The second-order valence-corrected chi connectivity index (χ2v) is 9.34. The van der Waals surface area contributed by atoms with Gasteiger partial charge in [-0.3, -0.25) is 14.0 Å². The van der Waals surface area contributed by atoms with E-state index in [9.17, 15) is 23.1 Å². The Bertz CT molecular complexity index is 1690. The van der Waals surface area contributed by atoms with Crippen molar-refractivity contribution in [1.29, 1.82) is 0 Å². The number of rotatable bonds is 8. The van der Waals surface area contributed by atoms with Crippen LogP contribution >= 0.6 is 0 Å². The number of nitrogens with zero attached hydrogens (tertiary/aromatic N) is 5. The molecule has 204 valence electrons.